The van der Waals surface area contributed by atoms with Crippen molar-refractivity contribution in [3.05, 3.63) is 41.5 Å². The lowest BCUT2D eigenvalue weighted by molar-refractivity contribution is -0.186. The Morgan fingerprint density at radius 2 is 1.87 bits per heavy atom. The van der Waals surface area contributed by atoms with Crippen LogP contribution in [0.1, 0.15) is 11.1 Å². The molecule has 162 valence electrons. The molecule has 0 atom stereocenters. The summed E-state index contributed by atoms with van der Waals surface area (Å²) in [6, 6.07) is 6.99. The Bertz CT molecular complexity index is 1070. The van der Waals surface area contributed by atoms with Crippen LogP contribution in [0, 0.1) is 0 Å². The maximum absolute atomic E-state index is 12.8. The van der Waals surface area contributed by atoms with Gasteiger partial charge in [-0.05, 0) is 35.7 Å². The van der Waals surface area contributed by atoms with E-state index in [1.165, 1.54) is 44.6 Å². The topological polar surface area (TPSA) is 97.8 Å². The summed E-state index contributed by atoms with van der Waals surface area (Å²) < 4.78 is 76.1. The molecule has 30 heavy (non-hydrogen) atoms. The third-order valence-corrected chi connectivity index (χ3v) is 5.87. The molecule has 1 aromatic heterocycles. The fraction of sp³-hybridized carbons (Fsp3) is 0.333. The number of methoxy groups -OCH3 is 2. The van der Waals surface area contributed by atoms with Crippen molar-refractivity contribution in [2.24, 2.45) is 0 Å². The van der Waals surface area contributed by atoms with Crippen LogP contribution in [-0.2, 0) is 27.8 Å². The SMILES string of the molecule is COc1ccc(NS(=O)(=O)c2ccc3c(c2)CN(C(=O)C(F)(F)F)CC3)c(OC)n1. The molecule has 1 aromatic carbocycles. The molecule has 8 nitrogen and oxygen atoms in total. The summed E-state index contributed by atoms with van der Waals surface area (Å²) in [6.07, 6.45) is -4.79. The van der Waals surface area contributed by atoms with Crippen LogP contribution in [-0.4, -0.2) is 51.1 Å². The fourth-order valence-electron chi connectivity index (χ4n) is 3.03. The fourth-order valence-corrected chi connectivity index (χ4v) is 4.13. The molecular weight excluding hydrogens is 427 g/mol. The number of fused-ring (bicyclic) bond motifs is 1. The lowest BCUT2D eigenvalue weighted by atomic mass is 10.00. The number of anilines is 1. The number of pyridine rings is 1. The number of carbonyl (C=O) groups excluding carboxylic acids is 1. The molecule has 0 bridgehead atoms. The molecular formula is C18H18F3N3O5S. The Morgan fingerprint density at radius 1 is 1.13 bits per heavy atom. The number of hydrogen-bond acceptors (Lipinski definition) is 6. The quantitative estimate of drug-likeness (QED) is 0.759. The predicted octanol–water partition coefficient (Wildman–Crippen LogP) is 2.35. The zero-order valence-corrected chi connectivity index (χ0v) is 16.8. The maximum Gasteiger partial charge on any atom is 0.471 e. The van der Waals surface area contributed by atoms with Gasteiger partial charge in [0.25, 0.3) is 10.0 Å². The van der Waals surface area contributed by atoms with Gasteiger partial charge in [-0.25, -0.2) is 8.42 Å². The summed E-state index contributed by atoms with van der Waals surface area (Å²) >= 11 is 0. The predicted molar refractivity (Wildman–Crippen MR) is 99.8 cm³/mol. The third kappa shape index (κ3) is 4.42. The standard InChI is InChI=1S/C18H18F3N3O5S/c1-28-15-6-5-14(16(22-15)29-2)23-30(26,27)13-4-3-11-7-8-24(10-12(11)9-13)17(25)18(19,20)21/h3-6,9,23H,7-8,10H2,1-2H3. The first-order valence-electron chi connectivity index (χ1n) is 8.65. The van der Waals surface area contributed by atoms with Gasteiger partial charge in [-0.15, -0.1) is 0 Å². The summed E-state index contributed by atoms with van der Waals surface area (Å²) in [6.45, 7) is -0.422. The van der Waals surface area contributed by atoms with Crippen molar-refractivity contribution in [3.8, 4) is 11.8 Å². The highest BCUT2D eigenvalue weighted by Crippen LogP contribution is 2.30. The largest absolute Gasteiger partial charge is 0.481 e. The molecule has 0 spiro atoms. The zero-order chi connectivity index (χ0) is 22.1. The molecule has 1 aliphatic rings. The van der Waals surface area contributed by atoms with Crippen molar-refractivity contribution in [3.63, 3.8) is 0 Å². The Kier molecular flexibility index (Phi) is 5.79. The second-order valence-corrected chi connectivity index (χ2v) is 8.10. The van der Waals surface area contributed by atoms with E-state index in [1.54, 1.807) is 0 Å². The molecule has 0 saturated heterocycles. The molecule has 12 heteroatoms. The first-order chi connectivity index (χ1) is 14.0. The Morgan fingerprint density at radius 3 is 2.50 bits per heavy atom. The highest BCUT2D eigenvalue weighted by atomic mass is 32.2. The summed E-state index contributed by atoms with van der Waals surface area (Å²) in [5.41, 5.74) is 1.08. The highest BCUT2D eigenvalue weighted by Gasteiger charge is 2.43. The normalized spacial score (nSPS) is 14.1. The Labute approximate surface area is 170 Å². The zero-order valence-electron chi connectivity index (χ0n) is 16.0. The van der Waals surface area contributed by atoms with Gasteiger partial charge in [-0.1, -0.05) is 6.07 Å². The first-order valence-corrected chi connectivity index (χ1v) is 10.1. The van der Waals surface area contributed by atoms with E-state index in [2.05, 4.69) is 9.71 Å². The minimum Gasteiger partial charge on any atom is -0.481 e. The van der Waals surface area contributed by atoms with E-state index in [9.17, 15) is 26.4 Å². The molecule has 1 aliphatic heterocycles. The molecule has 1 amide bonds. The van der Waals surface area contributed by atoms with Crippen molar-refractivity contribution in [2.75, 3.05) is 25.5 Å². The van der Waals surface area contributed by atoms with Crippen LogP contribution in [0.25, 0.3) is 0 Å². The van der Waals surface area contributed by atoms with Crippen LogP contribution >= 0.6 is 0 Å². The van der Waals surface area contributed by atoms with Gasteiger partial charge < -0.3 is 14.4 Å². The smallest absolute Gasteiger partial charge is 0.471 e. The van der Waals surface area contributed by atoms with E-state index in [4.69, 9.17) is 9.47 Å². The van der Waals surface area contributed by atoms with Crippen molar-refractivity contribution in [2.45, 2.75) is 24.0 Å². The highest BCUT2D eigenvalue weighted by molar-refractivity contribution is 7.92. The number of carbonyl (C=O) groups is 1. The monoisotopic (exact) mass is 445 g/mol. The lowest BCUT2D eigenvalue weighted by Gasteiger charge is -2.29. The number of rotatable bonds is 5. The number of aromatic nitrogens is 1. The maximum atomic E-state index is 12.8. The van der Waals surface area contributed by atoms with Gasteiger partial charge in [-0.2, -0.15) is 18.2 Å². The molecule has 3 rings (SSSR count). The van der Waals surface area contributed by atoms with Crippen molar-refractivity contribution >= 4 is 21.6 Å². The molecule has 2 heterocycles. The molecule has 0 saturated carbocycles. The van der Waals surface area contributed by atoms with Crippen LogP contribution in [0.15, 0.2) is 35.2 Å². The van der Waals surface area contributed by atoms with E-state index in [1.807, 2.05) is 0 Å². The van der Waals surface area contributed by atoms with E-state index < -0.39 is 22.1 Å². The van der Waals surface area contributed by atoms with Gasteiger partial charge in [0.1, 0.15) is 5.69 Å². The van der Waals surface area contributed by atoms with Crippen LogP contribution in [0.4, 0.5) is 18.9 Å². The molecule has 1 N–H and O–H groups in total. The van der Waals surface area contributed by atoms with Crippen LogP contribution in [0.2, 0.25) is 0 Å². The van der Waals surface area contributed by atoms with Crippen LogP contribution in [0.3, 0.4) is 0 Å². The van der Waals surface area contributed by atoms with Gasteiger partial charge in [-0.3, -0.25) is 9.52 Å². The van der Waals surface area contributed by atoms with Gasteiger partial charge in [0.05, 0.1) is 19.1 Å². The average molecular weight is 445 g/mol. The van der Waals surface area contributed by atoms with E-state index in [0.717, 1.165) is 0 Å². The van der Waals surface area contributed by atoms with E-state index in [0.29, 0.717) is 16.0 Å². The summed E-state index contributed by atoms with van der Waals surface area (Å²) in [5, 5.41) is 0. The second kappa shape index (κ2) is 8.01. The minimum atomic E-state index is -4.99. The molecule has 2 aromatic rings. The van der Waals surface area contributed by atoms with E-state index in [-0.39, 0.29) is 41.9 Å². The number of hydrogen-bond donors (Lipinski definition) is 1. The van der Waals surface area contributed by atoms with Crippen molar-refractivity contribution in [1.29, 1.82) is 0 Å². The first kappa shape index (κ1) is 21.7. The number of benzene rings is 1. The number of nitrogens with one attached hydrogen (secondary N) is 1. The van der Waals surface area contributed by atoms with Crippen molar-refractivity contribution in [1.82, 2.24) is 9.88 Å². The van der Waals surface area contributed by atoms with Crippen LogP contribution < -0.4 is 14.2 Å². The molecule has 0 fully saturated rings. The summed E-state index contributed by atoms with van der Waals surface area (Å²) in [5.74, 6) is -1.75. The molecule has 0 radical (unpaired) electrons. The number of nitrogens with zero attached hydrogens (tertiary/aromatic N) is 2. The van der Waals surface area contributed by atoms with Gasteiger partial charge in [0.2, 0.25) is 11.8 Å². The van der Waals surface area contributed by atoms with Crippen LogP contribution in [0.5, 0.6) is 11.8 Å². The Hall–Kier alpha value is -3.02. The number of ether oxygens (including phenoxy) is 2. The summed E-state index contributed by atoms with van der Waals surface area (Å²) in [7, 11) is -1.40. The lowest BCUT2D eigenvalue weighted by Crippen LogP contribution is -2.43. The van der Waals surface area contributed by atoms with Gasteiger partial charge in [0, 0.05) is 19.2 Å². The summed E-state index contributed by atoms with van der Waals surface area (Å²) in [4.78, 5) is 16.0. The minimum absolute atomic E-state index is 0.0159. The molecule has 0 unspecified atom stereocenters. The second-order valence-electron chi connectivity index (χ2n) is 6.42. The number of amides is 1. The van der Waals surface area contributed by atoms with Gasteiger partial charge in [0.15, 0.2) is 0 Å². The Balaban J connectivity index is 1.88. The van der Waals surface area contributed by atoms with Crippen molar-refractivity contribution < 1.29 is 35.9 Å². The number of halogens is 3. The van der Waals surface area contributed by atoms with E-state index >= 15 is 0 Å². The van der Waals surface area contributed by atoms with Gasteiger partial charge >= 0.3 is 12.1 Å². The number of sulfonamides is 1. The third-order valence-electron chi connectivity index (χ3n) is 4.51. The number of alkyl halides is 3. The average Bonchev–Trinajstić information content (AvgIpc) is 2.71. The molecule has 0 aliphatic carbocycles.